The van der Waals surface area contributed by atoms with Gasteiger partial charge in [-0.1, -0.05) is 76.8 Å². The molecule has 0 saturated carbocycles. The molecule has 524 valence electrons. The van der Waals surface area contributed by atoms with E-state index in [1.807, 2.05) is 36.6 Å². The van der Waals surface area contributed by atoms with Crippen molar-refractivity contribution in [3.05, 3.63) is 54.1 Å². The highest BCUT2D eigenvalue weighted by molar-refractivity contribution is 7.80. The van der Waals surface area contributed by atoms with Crippen LogP contribution in [0.15, 0.2) is 42.9 Å². The van der Waals surface area contributed by atoms with Gasteiger partial charge in [0.05, 0.1) is 149 Å². The standard InChI is InChI=1S/C63H107N8O19PS/c1-47(2)38-54(68-63(79)56-17-13-21-71(56)59(75)18-22-83-24-26-85-28-30-87-32-34-89-36-37-90-35-33-88-31-29-86-27-25-84-23-19-67-62(78)53(64)45-92)57(73)40-50(61(77)69-55(43-72)58(74)41-52(60(65)76)48(3)44-91(80,81)82)39-51-42-66-46-70(51)20-12-7-5-4-6-9-14-49-15-10-8-11-16-49/h8,10-11,15-16,42,46-48,50,52-56,72,92H,4-7,9,12-14,17-41,43-45,64H2,1-3H3,(H2,65,76)(H,67,78)(H,68,79)(H,69,77)(H2,80,81,82)/t48-,50+,52-,53-,54-,55-,56-/m0/s1. The maximum absolute atomic E-state index is 14.5. The van der Waals surface area contributed by atoms with Gasteiger partial charge in [0.15, 0.2) is 11.6 Å². The van der Waals surface area contributed by atoms with E-state index < -0.39 is 104 Å². The first kappa shape index (κ1) is 81.5. The molecule has 7 atom stereocenters. The molecule has 1 aromatic carbocycles. The normalized spacial score (nSPS) is 15.4. The van der Waals surface area contributed by atoms with Gasteiger partial charge in [-0.3, -0.25) is 38.1 Å². The van der Waals surface area contributed by atoms with Crippen LogP contribution in [0.25, 0.3) is 0 Å². The summed E-state index contributed by atoms with van der Waals surface area (Å²) in [7, 11) is -4.60. The van der Waals surface area contributed by atoms with E-state index in [4.69, 9.17) is 49.4 Å². The molecule has 0 spiro atoms. The Kier molecular flexibility index (Phi) is 43.2. The predicted molar refractivity (Wildman–Crippen MR) is 346 cm³/mol. The van der Waals surface area contributed by atoms with E-state index in [1.54, 1.807) is 12.5 Å². The lowest BCUT2D eigenvalue weighted by atomic mass is 9.87. The van der Waals surface area contributed by atoms with Crippen LogP contribution < -0.4 is 27.4 Å². The number of rotatable bonds is 57. The summed E-state index contributed by atoms with van der Waals surface area (Å²) in [6, 6.07) is 6.30. The number of hydrogen-bond donors (Lipinski definition) is 9. The predicted octanol–water partition coefficient (Wildman–Crippen LogP) is 2.35. The van der Waals surface area contributed by atoms with Crippen molar-refractivity contribution in [2.75, 3.05) is 137 Å². The lowest BCUT2D eigenvalue weighted by Gasteiger charge is -2.28. The van der Waals surface area contributed by atoms with Crippen LogP contribution in [0.4, 0.5) is 0 Å². The Morgan fingerprint density at radius 2 is 1.24 bits per heavy atom. The smallest absolute Gasteiger partial charge is 0.325 e. The molecule has 0 aliphatic carbocycles. The van der Waals surface area contributed by atoms with E-state index in [0.717, 1.165) is 44.9 Å². The number of ether oxygens (including phenoxy) is 8. The van der Waals surface area contributed by atoms with E-state index >= 15 is 0 Å². The number of Topliss-reactive ketones (excluding diaryl/α,β-unsaturated/α-hetero) is 2. The summed E-state index contributed by atoms with van der Waals surface area (Å²) in [5.74, 6) is -7.33. The first-order chi connectivity index (χ1) is 44.2. The monoisotopic (exact) mass is 1340 g/mol. The van der Waals surface area contributed by atoms with Crippen LogP contribution in [0.1, 0.15) is 109 Å². The fraction of sp³-hybridized carbons (Fsp3) is 0.746. The zero-order valence-electron chi connectivity index (χ0n) is 54.4. The van der Waals surface area contributed by atoms with Gasteiger partial charge >= 0.3 is 7.60 Å². The number of nitrogens with zero attached hydrogens (tertiary/aromatic N) is 3. The Balaban J connectivity index is 1.42. The van der Waals surface area contributed by atoms with Crippen LogP contribution >= 0.6 is 20.2 Å². The minimum atomic E-state index is -4.60. The molecule has 2 aromatic rings. The molecule has 10 N–H and O–H groups in total. The molecule has 1 aliphatic rings. The number of nitrogens with two attached hydrogens (primary N) is 2. The molecule has 3 rings (SSSR count). The maximum Gasteiger partial charge on any atom is 0.325 e. The summed E-state index contributed by atoms with van der Waals surface area (Å²) in [6.45, 7) is 11.3. The Hall–Kier alpha value is -4.78. The number of aromatic nitrogens is 2. The molecule has 29 heteroatoms. The van der Waals surface area contributed by atoms with Crippen molar-refractivity contribution in [2.24, 2.45) is 35.1 Å². The number of hydrogen-bond acceptors (Lipinski definition) is 20. The molecule has 1 fully saturated rings. The quantitative estimate of drug-likeness (QED) is 0.0261. The molecular formula is C63H107N8O19PS. The van der Waals surface area contributed by atoms with Crippen LogP contribution in [0.2, 0.25) is 0 Å². The summed E-state index contributed by atoms with van der Waals surface area (Å²) in [4.78, 5) is 119. The van der Waals surface area contributed by atoms with E-state index in [0.29, 0.717) is 124 Å². The zero-order chi connectivity index (χ0) is 67.4. The maximum atomic E-state index is 14.5. The molecule has 1 aliphatic heterocycles. The third-order valence-corrected chi connectivity index (χ3v) is 16.8. The summed E-state index contributed by atoms with van der Waals surface area (Å²) in [6.07, 6.45) is 9.89. The highest BCUT2D eigenvalue weighted by Gasteiger charge is 2.38. The second-order valence-electron chi connectivity index (χ2n) is 23.4. The number of benzene rings is 1. The fourth-order valence-corrected chi connectivity index (χ4v) is 11.5. The Morgan fingerprint density at radius 3 is 1.77 bits per heavy atom. The van der Waals surface area contributed by atoms with Crippen LogP contribution in [-0.4, -0.2) is 232 Å². The second-order valence-corrected chi connectivity index (χ2v) is 25.5. The number of amides is 5. The SMILES string of the molecule is CC(C)C[C@H](NC(=O)[C@@H]1CCCN1C(=O)CCOCCOCCOCCOCCOCCOCCOCCOCCNC(=O)[C@@H](N)CS)C(=O)C[C@@H](Cc1cncn1CCCCCCCCc1ccccc1)C(=O)N[C@@H](CO)C(=O)C[C@H](C(N)=O)[C@@H](C)CP(=O)(O)O. The molecule has 2 heterocycles. The number of ketones is 2. The molecule has 27 nitrogen and oxygen atoms in total. The van der Waals surface area contributed by atoms with Gasteiger partial charge in [0.25, 0.3) is 0 Å². The first-order valence-electron chi connectivity index (χ1n) is 32.4. The van der Waals surface area contributed by atoms with Gasteiger partial charge in [0.2, 0.25) is 29.5 Å². The number of likely N-dealkylation sites (tertiary alicyclic amines) is 1. The number of aryl methyl sites for hydroxylation is 2. The van der Waals surface area contributed by atoms with Gasteiger partial charge in [-0.05, 0) is 55.9 Å². The minimum Gasteiger partial charge on any atom is -0.394 e. The Labute approximate surface area is 548 Å². The molecule has 1 aromatic heterocycles. The lowest BCUT2D eigenvalue weighted by Crippen LogP contribution is -2.52. The molecule has 0 bridgehead atoms. The van der Waals surface area contributed by atoms with E-state index in [9.17, 15) is 53.0 Å². The first-order valence-corrected chi connectivity index (χ1v) is 34.9. The number of carbonyl (C=O) groups is 7. The minimum absolute atomic E-state index is 0.00428. The average molecular weight is 1340 g/mol. The van der Waals surface area contributed by atoms with E-state index in [-0.39, 0.29) is 62.6 Å². The Morgan fingerprint density at radius 1 is 0.707 bits per heavy atom. The molecule has 1 saturated heterocycles. The van der Waals surface area contributed by atoms with Crippen molar-refractivity contribution in [3.8, 4) is 0 Å². The number of primary amides is 1. The lowest BCUT2D eigenvalue weighted by molar-refractivity contribution is -0.140. The van der Waals surface area contributed by atoms with Crippen molar-refractivity contribution in [2.45, 2.75) is 141 Å². The third kappa shape index (κ3) is 36.2. The van der Waals surface area contributed by atoms with Crippen molar-refractivity contribution < 1.29 is 90.9 Å². The van der Waals surface area contributed by atoms with Crippen LogP contribution in [0.5, 0.6) is 0 Å². The topological polar surface area (TPSA) is 380 Å². The van der Waals surface area contributed by atoms with Crippen LogP contribution in [0.3, 0.4) is 0 Å². The Bertz CT molecular complexity index is 2450. The highest BCUT2D eigenvalue weighted by Crippen LogP contribution is 2.39. The average Bonchev–Trinajstić information content (AvgIpc) is 2.09. The second kappa shape index (κ2) is 48.8. The number of carbonyl (C=O) groups excluding carboxylic acids is 7. The van der Waals surface area contributed by atoms with Crippen molar-refractivity contribution >= 4 is 61.3 Å². The summed E-state index contributed by atoms with van der Waals surface area (Å²) in [5, 5.41) is 18.6. The van der Waals surface area contributed by atoms with Crippen LogP contribution in [-0.2, 0) is 95.4 Å². The number of aliphatic hydroxyl groups excluding tert-OH is 1. The number of unbranched alkanes of at least 4 members (excludes halogenated alkanes) is 5. The van der Waals surface area contributed by atoms with Gasteiger partial charge in [0, 0.05) is 62.5 Å². The molecule has 0 radical (unpaired) electrons. The molecular weight excluding hydrogens is 1240 g/mol. The van der Waals surface area contributed by atoms with Crippen molar-refractivity contribution in [1.82, 2.24) is 30.4 Å². The number of thiol groups is 1. The summed E-state index contributed by atoms with van der Waals surface area (Å²) < 4.78 is 57.9. The summed E-state index contributed by atoms with van der Waals surface area (Å²) in [5.41, 5.74) is 13.1. The van der Waals surface area contributed by atoms with Gasteiger partial charge in [-0.15, -0.1) is 0 Å². The highest BCUT2D eigenvalue weighted by atomic mass is 32.1. The summed E-state index contributed by atoms with van der Waals surface area (Å²) >= 11 is 3.99. The van der Waals surface area contributed by atoms with Crippen molar-refractivity contribution in [1.29, 1.82) is 0 Å². The molecule has 92 heavy (non-hydrogen) atoms. The van der Waals surface area contributed by atoms with Gasteiger partial charge in [0.1, 0.15) is 12.1 Å². The van der Waals surface area contributed by atoms with E-state index in [2.05, 4.69) is 45.7 Å². The van der Waals surface area contributed by atoms with Crippen LogP contribution in [0, 0.1) is 23.7 Å². The van der Waals surface area contributed by atoms with Gasteiger partial charge < -0.3 is 89.7 Å². The fourth-order valence-electron chi connectivity index (χ4n) is 10.3. The zero-order valence-corrected chi connectivity index (χ0v) is 56.2. The largest absolute Gasteiger partial charge is 0.394 e. The third-order valence-electron chi connectivity index (χ3n) is 15.3. The van der Waals surface area contributed by atoms with E-state index in [1.165, 1.54) is 17.4 Å². The van der Waals surface area contributed by atoms with Gasteiger partial charge in [-0.25, -0.2) is 4.98 Å². The number of imidazole rings is 1. The van der Waals surface area contributed by atoms with Gasteiger partial charge in [-0.2, -0.15) is 12.6 Å². The number of nitrogens with one attached hydrogen (secondary N) is 3. The number of aliphatic hydroxyl groups is 1. The molecule has 5 amide bonds. The van der Waals surface area contributed by atoms with Crippen molar-refractivity contribution in [3.63, 3.8) is 0 Å². The molecule has 0 unspecified atom stereocenters.